The number of urea groups is 1. The van der Waals surface area contributed by atoms with Crippen LogP contribution in [0.3, 0.4) is 0 Å². The van der Waals surface area contributed by atoms with Crippen molar-refractivity contribution in [1.82, 2.24) is 15.5 Å². The molecular weight excluding hydrogens is 382 g/mol. The van der Waals surface area contributed by atoms with Gasteiger partial charge in [0.15, 0.2) is 11.5 Å². The Morgan fingerprint density at radius 2 is 1.80 bits per heavy atom. The maximum atomic E-state index is 12.7. The highest BCUT2D eigenvalue weighted by Gasteiger charge is 2.29. The second-order valence-electron chi connectivity index (χ2n) is 8.30. The van der Waals surface area contributed by atoms with Crippen LogP contribution in [0.2, 0.25) is 0 Å². The first kappa shape index (κ1) is 22.2. The number of ether oxygens (including phenoxy) is 2. The molecule has 1 aromatic rings. The fourth-order valence-corrected chi connectivity index (χ4v) is 4.40. The number of likely N-dealkylation sites (tertiary alicyclic amines) is 1. The smallest absolute Gasteiger partial charge is 0.317 e. The SMILES string of the molecule is COc1ccc(CCNC(=O)C2CCCN(C(=O)NC3CCCCC3)C2)cc1OC. The van der Waals surface area contributed by atoms with Gasteiger partial charge < -0.3 is 25.0 Å². The zero-order valence-corrected chi connectivity index (χ0v) is 18.2. The Morgan fingerprint density at radius 1 is 1.03 bits per heavy atom. The first-order chi connectivity index (χ1) is 14.6. The van der Waals surface area contributed by atoms with Crippen molar-refractivity contribution in [1.29, 1.82) is 0 Å². The van der Waals surface area contributed by atoms with Crippen LogP contribution in [-0.4, -0.2) is 56.7 Å². The van der Waals surface area contributed by atoms with Gasteiger partial charge in [-0.15, -0.1) is 0 Å². The van der Waals surface area contributed by atoms with Gasteiger partial charge in [-0.25, -0.2) is 4.79 Å². The Bertz CT molecular complexity index is 718. The molecule has 166 valence electrons. The monoisotopic (exact) mass is 417 g/mol. The number of benzene rings is 1. The van der Waals surface area contributed by atoms with E-state index in [-0.39, 0.29) is 17.9 Å². The zero-order valence-electron chi connectivity index (χ0n) is 18.2. The minimum atomic E-state index is -0.138. The molecule has 3 rings (SSSR count). The fraction of sp³-hybridized carbons (Fsp3) is 0.652. The summed E-state index contributed by atoms with van der Waals surface area (Å²) in [6.07, 6.45) is 8.19. The predicted molar refractivity (Wildman–Crippen MR) is 116 cm³/mol. The fourth-order valence-electron chi connectivity index (χ4n) is 4.40. The summed E-state index contributed by atoms with van der Waals surface area (Å²) in [4.78, 5) is 27.1. The minimum absolute atomic E-state index is 0.00951. The number of carbonyl (C=O) groups excluding carboxylic acids is 2. The predicted octanol–water partition coefficient (Wildman–Crippen LogP) is 3.12. The molecule has 1 aliphatic carbocycles. The van der Waals surface area contributed by atoms with E-state index < -0.39 is 0 Å². The lowest BCUT2D eigenvalue weighted by atomic mass is 9.95. The lowest BCUT2D eigenvalue weighted by Gasteiger charge is -2.34. The summed E-state index contributed by atoms with van der Waals surface area (Å²) in [5.41, 5.74) is 1.07. The van der Waals surface area contributed by atoms with Crippen molar-refractivity contribution < 1.29 is 19.1 Å². The minimum Gasteiger partial charge on any atom is -0.493 e. The van der Waals surface area contributed by atoms with Crippen LogP contribution >= 0.6 is 0 Å². The molecule has 1 unspecified atom stereocenters. The molecule has 0 aromatic heterocycles. The van der Waals surface area contributed by atoms with Gasteiger partial charge in [-0.2, -0.15) is 0 Å². The van der Waals surface area contributed by atoms with Gasteiger partial charge in [0, 0.05) is 25.7 Å². The molecule has 1 heterocycles. The van der Waals surface area contributed by atoms with E-state index in [9.17, 15) is 9.59 Å². The van der Waals surface area contributed by atoms with Gasteiger partial charge in [0.1, 0.15) is 0 Å². The molecule has 2 aliphatic rings. The Morgan fingerprint density at radius 3 is 2.53 bits per heavy atom. The molecule has 3 amide bonds. The Hall–Kier alpha value is -2.44. The molecule has 7 nitrogen and oxygen atoms in total. The van der Waals surface area contributed by atoms with E-state index in [0.29, 0.717) is 37.1 Å². The van der Waals surface area contributed by atoms with Gasteiger partial charge >= 0.3 is 6.03 Å². The molecule has 0 bridgehead atoms. The Kier molecular flexibility index (Phi) is 8.22. The first-order valence-corrected chi connectivity index (χ1v) is 11.1. The Balaban J connectivity index is 1.44. The highest BCUT2D eigenvalue weighted by atomic mass is 16.5. The van der Waals surface area contributed by atoms with Crippen molar-refractivity contribution in [2.45, 2.75) is 57.4 Å². The van der Waals surface area contributed by atoms with Crippen molar-refractivity contribution in [3.63, 3.8) is 0 Å². The van der Waals surface area contributed by atoms with Gasteiger partial charge in [-0.05, 0) is 49.8 Å². The molecule has 1 saturated carbocycles. The standard InChI is InChI=1S/C23H35N3O4/c1-29-20-11-10-17(15-21(20)30-2)12-13-24-22(27)18-7-6-14-26(16-18)23(28)25-19-8-4-3-5-9-19/h10-11,15,18-19H,3-9,12-14,16H2,1-2H3,(H,24,27)(H,25,28). The normalized spacial score (nSPS) is 19.8. The number of carbonyl (C=O) groups is 2. The summed E-state index contributed by atoms with van der Waals surface area (Å²) in [6.45, 7) is 1.79. The summed E-state index contributed by atoms with van der Waals surface area (Å²) in [7, 11) is 3.23. The lowest BCUT2D eigenvalue weighted by molar-refractivity contribution is -0.126. The van der Waals surface area contributed by atoms with E-state index in [1.165, 1.54) is 19.3 Å². The second-order valence-corrected chi connectivity index (χ2v) is 8.30. The van der Waals surface area contributed by atoms with Gasteiger partial charge in [-0.1, -0.05) is 25.3 Å². The van der Waals surface area contributed by atoms with Crippen molar-refractivity contribution >= 4 is 11.9 Å². The van der Waals surface area contributed by atoms with Crippen molar-refractivity contribution in [2.75, 3.05) is 33.9 Å². The number of nitrogens with zero attached hydrogens (tertiary/aromatic N) is 1. The van der Waals surface area contributed by atoms with E-state index in [1.54, 1.807) is 14.2 Å². The molecule has 2 N–H and O–H groups in total. The van der Waals surface area contributed by atoms with Crippen LogP contribution in [0.15, 0.2) is 18.2 Å². The lowest BCUT2D eigenvalue weighted by Crippen LogP contribution is -2.51. The highest BCUT2D eigenvalue weighted by Crippen LogP contribution is 2.27. The number of hydrogen-bond donors (Lipinski definition) is 2. The van der Waals surface area contributed by atoms with Gasteiger partial charge in [0.25, 0.3) is 0 Å². The molecule has 1 aromatic carbocycles. The maximum Gasteiger partial charge on any atom is 0.317 e. The number of nitrogens with one attached hydrogen (secondary N) is 2. The van der Waals surface area contributed by atoms with Gasteiger partial charge in [0.2, 0.25) is 5.91 Å². The van der Waals surface area contributed by atoms with Crippen LogP contribution in [0.1, 0.15) is 50.5 Å². The summed E-state index contributed by atoms with van der Waals surface area (Å²) in [5, 5.41) is 6.20. The Labute approximate surface area is 179 Å². The molecule has 2 fully saturated rings. The molecule has 1 atom stereocenters. The van der Waals surface area contributed by atoms with E-state index in [4.69, 9.17) is 9.47 Å². The quantitative estimate of drug-likeness (QED) is 0.714. The summed E-state index contributed by atoms with van der Waals surface area (Å²) in [5.74, 6) is 1.28. The molecule has 0 spiro atoms. The third kappa shape index (κ3) is 6.03. The van der Waals surface area contributed by atoms with Gasteiger partial charge in [0.05, 0.1) is 20.1 Å². The van der Waals surface area contributed by atoms with Crippen LogP contribution in [0, 0.1) is 5.92 Å². The maximum absolute atomic E-state index is 12.7. The van der Waals surface area contributed by atoms with Gasteiger partial charge in [-0.3, -0.25) is 4.79 Å². The van der Waals surface area contributed by atoms with E-state index in [1.807, 2.05) is 23.1 Å². The summed E-state index contributed by atoms with van der Waals surface area (Å²) >= 11 is 0. The van der Waals surface area contributed by atoms with Crippen LogP contribution < -0.4 is 20.1 Å². The topological polar surface area (TPSA) is 79.9 Å². The zero-order chi connectivity index (χ0) is 21.3. The van der Waals surface area contributed by atoms with E-state index in [2.05, 4.69) is 10.6 Å². The summed E-state index contributed by atoms with van der Waals surface area (Å²) < 4.78 is 10.6. The van der Waals surface area contributed by atoms with Crippen LogP contribution in [0.25, 0.3) is 0 Å². The van der Waals surface area contributed by atoms with Crippen molar-refractivity contribution in [3.8, 4) is 11.5 Å². The number of methoxy groups -OCH3 is 2. The third-order valence-corrected chi connectivity index (χ3v) is 6.17. The molecule has 1 aliphatic heterocycles. The number of rotatable bonds is 7. The van der Waals surface area contributed by atoms with Crippen molar-refractivity contribution in [3.05, 3.63) is 23.8 Å². The molecule has 0 radical (unpaired) electrons. The van der Waals surface area contributed by atoms with E-state index >= 15 is 0 Å². The van der Waals surface area contributed by atoms with E-state index in [0.717, 1.165) is 37.8 Å². The van der Waals surface area contributed by atoms with Crippen molar-refractivity contribution in [2.24, 2.45) is 5.92 Å². The number of piperidine rings is 1. The average Bonchev–Trinajstić information content (AvgIpc) is 2.79. The molecule has 1 saturated heterocycles. The van der Waals surface area contributed by atoms with Crippen LogP contribution in [-0.2, 0) is 11.2 Å². The second kappa shape index (κ2) is 11.1. The first-order valence-electron chi connectivity index (χ1n) is 11.1. The van der Waals surface area contributed by atoms with Crippen LogP contribution in [0.5, 0.6) is 11.5 Å². The number of amides is 3. The van der Waals surface area contributed by atoms with Crippen LogP contribution in [0.4, 0.5) is 4.79 Å². The highest BCUT2D eigenvalue weighted by molar-refractivity contribution is 5.81. The molecular formula is C23H35N3O4. The largest absolute Gasteiger partial charge is 0.493 e. The summed E-state index contributed by atoms with van der Waals surface area (Å²) in [6, 6.07) is 6.07. The average molecular weight is 418 g/mol. The third-order valence-electron chi connectivity index (χ3n) is 6.17. The molecule has 7 heteroatoms. The molecule has 30 heavy (non-hydrogen) atoms. The number of hydrogen-bond acceptors (Lipinski definition) is 4.